The smallest absolute Gasteiger partial charge is 0.253 e. The molecule has 1 aliphatic rings. The maximum absolute atomic E-state index is 12.7. The van der Waals surface area contributed by atoms with E-state index in [0.29, 0.717) is 31.7 Å². The van der Waals surface area contributed by atoms with Gasteiger partial charge < -0.3 is 19.5 Å². The summed E-state index contributed by atoms with van der Waals surface area (Å²) in [6.45, 7) is 3.83. The van der Waals surface area contributed by atoms with E-state index in [2.05, 4.69) is 0 Å². The Morgan fingerprint density at radius 2 is 1.52 bits per heavy atom. The topological polar surface area (TPSA) is 60.9 Å². The van der Waals surface area contributed by atoms with Gasteiger partial charge in [-0.3, -0.25) is 9.59 Å². The van der Waals surface area contributed by atoms with Crippen LogP contribution in [0.25, 0.3) is 0 Å². The number of anilines is 1. The molecule has 1 fully saturated rings. The predicted molar refractivity (Wildman–Crippen MR) is 97.8 cm³/mol. The minimum Gasteiger partial charge on any atom is -0.378 e. The Hall–Kier alpha value is -2.37. The number of hydrogen-bond acceptors (Lipinski definition) is 4. The van der Waals surface area contributed by atoms with E-state index in [1.165, 1.54) is 6.92 Å². The normalized spacial score (nSPS) is 14.8. The van der Waals surface area contributed by atoms with Crippen LogP contribution in [0.1, 0.15) is 36.5 Å². The lowest BCUT2D eigenvalue weighted by atomic mass is 10.1. The summed E-state index contributed by atoms with van der Waals surface area (Å²) in [5.41, 5.74) is 1.72. The number of rotatable bonds is 5. The molecule has 25 heavy (non-hydrogen) atoms. The Kier molecular flexibility index (Phi) is 6.56. The average molecular weight is 345 g/mol. The molecule has 1 aromatic rings. The highest BCUT2D eigenvalue weighted by molar-refractivity contribution is 5.94. The van der Waals surface area contributed by atoms with Crippen molar-refractivity contribution in [3.05, 3.63) is 29.8 Å². The van der Waals surface area contributed by atoms with E-state index in [-0.39, 0.29) is 30.4 Å². The van der Waals surface area contributed by atoms with E-state index in [4.69, 9.17) is 0 Å². The second-order valence-corrected chi connectivity index (χ2v) is 6.67. The molecule has 0 aromatic heterocycles. The number of nitrogens with zero attached hydrogens (tertiary/aromatic N) is 3. The molecule has 0 aliphatic carbocycles. The van der Waals surface area contributed by atoms with Crippen LogP contribution in [-0.2, 0) is 9.59 Å². The summed E-state index contributed by atoms with van der Waals surface area (Å²) >= 11 is 0. The monoisotopic (exact) mass is 345 g/mol. The summed E-state index contributed by atoms with van der Waals surface area (Å²) in [4.78, 5) is 41.5. The summed E-state index contributed by atoms with van der Waals surface area (Å²) in [5.74, 6) is 0.0318. The molecular formula is C19H27N3O3. The fourth-order valence-corrected chi connectivity index (χ4v) is 2.90. The lowest BCUT2D eigenvalue weighted by Crippen LogP contribution is -2.37. The molecule has 1 heterocycles. The first-order chi connectivity index (χ1) is 11.9. The lowest BCUT2D eigenvalue weighted by molar-refractivity contribution is -0.132. The van der Waals surface area contributed by atoms with Crippen LogP contribution in [0.3, 0.4) is 0 Å². The Morgan fingerprint density at radius 3 is 2.12 bits per heavy atom. The highest BCUT2D eigenvalue weighted by Gasteiger charge is 2.22. The highest BCUT2D eigenvalue weighted by Crippen LogP contribution is 2.15. The van der Waals surface area contributed by atoms with E-state index in [0.717, 1.165) is 12.1 Å². The van der Waals surface area contributed by atoms with Gasteiger partial charge in [0.05, 0.1) is 0 Å². The van der Waals surface area contributed by atoms with Crippen LogP contribution in [0, 0.1) is 0 Å². The van der Waals surface area contributed by atoms with Crippen molar-refractivity contribution in [1.82, 2.24) is 9.80 Å². The van der Waals surface area contributed by atoms with Gasteiger partial charge in [-0.25, -0.2) is 0 Å². The first-order valence-corrected chi connectivity index (χ1v) is 8.72. The third kappa shape index (κ3) is 5.31. The summed E-state index contributed by atoms with van der Waals surface area (Å²) in [7, 11) is 3.92. The number of hydrogen-bond donors (Lipinski definition) is 0. The first kappa shape index (κ1) is 19.0. The van der Waals surface area contributed by atoms with Crippen molar-refractivity contribution in [2.24, 2.45) is 0 Å². The molecule has 0 atom stereocenters. The molecule has 6 heteroatoms. The zero-order valence-corrected chi connectivity index (χ0v) is 15.3. The molecule has 1 aliphatic heterocycles. The van der Waals surface area contributed by atoms with Crippen molar-refractivity contribution in [2.45, 2.75) is 26.2 Å². The van der Waals surface area contributed by atoms with Crippen LogP contribution in [0.2, 0.25) is 0 Å². The number of carbonyl (C=O) groups excluding carboxylic acids is 3. The van der Waals surface area contributed by atoms with E-state index in [9.17, 15) is 14.4 Å². The second-order valence-electron chi connectivity index (χ2n) is 6.67. The van der Waals surface area contributed by atoms with E-state index < -0.39 is 0 Å². The van der Waals surface area contributed by atoms with Gasteiger partial charge in [-0.15, -0.1) is 0 Å². The molecule has 0 radical (unpaired) electrons. The summed E-state index contributed by atoms with van der Waals surface area (Å²) in [6, 6.07) is 7.56. The molecule has 0 bridgehead atoms. The average Bonchev–Trinajstić information content (AvgIpc) is 2.85. The minimum atomic E-state index is -0.000153. The maximum atomic E-state index is 12.7. The summed E-state index contributed by atoms with van der Waals surface area (Å²) in [5, 5.41) is 0. The van der Waals surface area contributed by atoms with Gasteiger partial charge in [0.1, 0.15) is 5.78 Å². The van der Waals surface area contributed by atoms with Gasteiger partial charge in [0.15, 0.2) is 0 Å². The Labute approximate surface area is 149 Å². The fraction of sp³-hybridized carbons (Fsp3) is 0.526. The number of Topliss-reactive ketones (excluding diaryl/α,β-unsaturated/α-hetero) is 1. The second kappa shape index (κ2) is 8.65. The minimum absolute atomic E-state index is 0.000153. The van der Waals surface area contributed by atoms with Gasteiger partial charge in [0, 0.05) is 64.4 Å². The van der Waals surface area contributed by atoms with Crippen molar-refractivity contribution >= 4 is 23.3 Å². The number of benzene rings is 1. The van der Waals surface area contributed by atoms with Crippen LogP contribution in [0.4, 0.5) is 5.69 Å². The van der Waals surface area contributed by atoms with Crippen LogP contribution in [0.5, 0.6) is 0 Å². The van der Waals surface area contributed by atoms with E-state index in [1.54, 1.807) is 4.90 Å². The SMILES string of the molecule is CC(=O)CCC(=O)N1CCCN(C(=O)c2ccc(N(C)C)cc2)CC1. The molecule has 0 saturated carbocycles. The number of ketones is 1. The van der Waals surface area contributed by atoms with Crippen LogP contribution < -0.4 is 4.90 Å². The molecule has 0 unspecified atom stereocenters. The van der Waals surface area contributed by atoms with Gasteiger partial charge in [-0.2, -0.15) is 0 Å². The van der Waals surface area contributed by atoms with Crippen LogP contribution in [0.15, 0.2) is 24.3 Å². The molecule has 0 spiro atoms. The third-order valence-electron chi connectivity index (χ3n) is 4.46. The van der Waals surface area contributed by atoms with Gasteiger partial charge in [-0.1, -0.05) is 0 Å². The fourth-order valence-electron chi connectivity index (χ4n) is 2.90. The molecule has 1 aromatic carbocycles. The zero-order chi connectivity index (χ0) is 18.4. The predicted octanol–water partition coefficient (Wildman–Crippen LogP) is 1.80. The Bertz CT molecular complexity index is 625. The molecule has 0 N–H and O–H groups in total. The third-order valence-corrected chi connectivity index (χ3v) is 4.46. The molecule has 1 saturated heterocycles. The quantitative estimate of drug-likeness (QED) is 0.816. The molecule has 2 rings (SSSR count). The Balaban J connectivity index is 1.94. The van der Waals surface area contributed by atoms with Gasteiger partial charge in [0.25, 0.3) is 5.91 Å². The first-order valence-electron chi connectivity index (χ1n) is 8.72. The lowest BCUT2D eigenvalue weighted by Gasteiger charge is -2.22. The van der Waals surface area contributed by atoms with E-state index >= 15 is 0 Å². The highest BCUT2D eigenvalue weighted by atomic mass is 16.2. The van der Waals surface area contributed by atoms with E-state index in [1.807, 2.05) is 48.2 Å². The van der Waals surface area contributed by atoms with Gasteiger partial charge in [-0.05, 0) is 37.6 Å². The van der Waals surface area contributed by atoms with Gasteiger partial charge in [0.2, 0.25) is 5.91 Å². The van der Waals surface area contributed by atoms with Gasteiger partial charge >= 0.3 is 0 Å². The molecule has 136 valence electrons. The summed E-state index contributed by atoms with van der Waals surface area (Å²) < 4.78 is 0. The zero-order valence-electron chi connectivity index (χ0n) is 15.3. The molecule has 2 amide bonds. The van der Waals surface area contributed by atoms with Crippen molar-refractivity contribution < 1.29 is 14.4 Å². The maximum Gasteiger partial charge on any atom is 0.253 e. The molecular weight excluding hydrogens is 318 g/mol. The Morgan fingerprint density at radius 1 is 0.920 bits per heavy atom. The van der Waals surface area contributed by atoms with Crippen LogP contribution >= 0.6 is 0 Å². The van der Waals surface area contributed by atoms with Crippen molar-refractivity contribution in [3.63, 3.8) is 0 Å². The molecule has 6 nitrogen and oxygen atoms in total. The van der Waals surface area contributed by atoms with Crippen LogP contribution in [-0.4, -0.2) is 67.7 Å². The van der Waals surface area contributed by atoms with Crippen molar-refractivity contribution in [3.8, 4) is 0 Å². The number of amides is 2. The standard InChI is InChI=1S/C19H27N3O3/c1-15(23)5-10-18(24)21-11-4-12-22(14-13-21)19(25)16-6-8-17(9-7-16)20(2)3/h6-9H,4-5,10-14H2,1-3H3. The largest absolute Gasteiger partial charge is 0.378 e. The van der Waals surface area contributed by atoms with Crippen molar-refractivity contribution in [2.75, 3.05) is 45.2 Å². The number of carbonyl (C=O) groups is 3. The summed E-state index contributed by atoms with van der Waals surface area (Å²) in [6.07, 6.45) is 1.30. The van der Waals surface area contributed by atoms with Crippen molar-refractivity contribution in [1.29, 1.82) is 0 Å².